The number of fused-ring (bicyclic) bond motifs is 1. The van der Waals surface area contributed by atoms with Crippen LogP contribution in [0.3, 0.4) is 0 Å². The van der Waals surface area contributed by atoms with E-state index in [2.05, 4.69) is 9.97 Å². The summed E-state index contributed by atoms with van der Waals surface area (Å²) in [6.07, 6.45) is -4.36. The van der Waals surface area contributed by atoms with Gasteiger partial charge in [-0.25, -0.2) is 9.97 Å². The number of halogens is 3. The van der Waals surface area contributed by atoms with Crippen molar-refractivity contribution < 1.29 is 13.2 Å². The van der Waals surface area contributed by atoms with Crippen LogP contribution in [0.1, 0.15) is 30.0 Å². The van der Waals surface area contributed by atoms with E-state index in [0.717, 1.165) is 12.1 Å². The molecule has 0 aliphatic heterocycles. The molecule has 0 amide bonds. The van der Waals surface area contributed by atoms with Crippen molar-refractivity contribution in [2.24, 2.45) is 5.73 Å². The average molecular weight is 255 g/mol. The van der Waals surface area contributed by atoms with Gasteiger partial charge in [0, 0.05) is 11.1 Å². The highest BCUT2D eigenvalue weighted by molar-refractivity contribution is 5.81. The summed E-state index contributed by atoms with van der Waals surface area (Å²) in [5.74, 6) is 0.430. The van der Waals surface area contributed by atoms with Gasteiger partial charge < -0.3 is 5.73 Å². The molecule has 6 heteroatoms. The van der Waals surface area contributed by atoms with Crippen LogP contribution in [0.2, 0.25) is 0 Å². The summed E-state index contributed by atoms with van der Waals surface area (Å²) in [5.41, 5.74) is 5.94. The number of rotatable bonds is 1. The second-order valence-electron chi connectivity index (χ2n) is 4.19. The smallest absolute Gasteiger partial charge is 0.322 e. The van der Waals surface area contributed by atoms with Crippen LogP contribution in [-0.4, -0.2) is 9.97 Å². The van der Waals surface area contributed by atoms with Gasteiger partial charge in [0.15, 0.2) is 0 Å². The van der Waals surface area contributed by atoms with Gasteiger partial charge >= 0.3 is 6.18 Å². The molecule has 1 unspecified atom stereocenters. The highest BCUT2D eigenvalue weighted by Gasteiger charge is 2.30. The zero-order valence-corrected chi connectivity index (χ0v) is 9.92. The van der Waals surface area contributed by atoms with Gasteiger partial charge in [0.25, 0.3) is 0 Å². The van der Waals surface area contributed by atoms with Gasteiger partial charge in [0.05, 0.1) is 17.1 Å². The van der Waals surface area contributed by atoms with Crippen molar-refractivity contribution in [3.05, 3.63) is 35.3 Å². The van der Waals surface area contributed by atoms with E-state index in [1.54, 1.807) is 13.8 Å². The molecule has 2 rings (SSSR count). The zero-order chi connectivity index (χ0) is 13.5. The van der Waals surface area contributed by atoms with Crippen LogP contribution in [-0.2, 0) is 6.18 Å². The van der Waals surface area contributed by atoms with Crippen molar-refractivity contribution in [2.45, 2.75) is 26.1 Å². The molecule has 0 saturated carbocycles. The number of aromatic nitrogens is 2. The highest BCUT2D eigenvalue weighted by atomic mass is 19.4. The van der Waals surface area contributed by atoms with Crippen LogP contribution < -0.4 is 5.73 Å². The SMILES string of the molecule is Cc1nc(C(C)N)nc2ccc(C(F)(F)F)cc12. The van der Waals surface area contributed by atoms with Crippen LogP contribution in [0.15, 0.2) is 18.2 Å². The molecule has 1 atom stereocenters. The van der Waals surface area contributed by atoms with E-state index in [9.17, 15) is 13.2 Å². The molecule has 96 valence electrons. The van der Waals surface area contributed by atoms with Gasteiger partial charge in [-0.1, -0.05) is 0 Å². The van der Waals surface area contributed by atoms with E-state index < -0.39 is 11.7 Å². The van der Waals surface area contributed by atoms with E-state index in [0.29, 0.717) is 22.4 Å². The molecule has 2 aromatic rings. The maximum absolute atomic E-state index is 12.6. The van der Waals surface area contributed by atoms with Crippen molar-refractivity contribution in [2.75, 3.05) is 0 Å². The number of nitrogens with two attached hydrogens (primary N) is 1. The summed E-state index contributed by atoms with van der Waals surface area (Å²) in [7, 11) is 0. The third-order valence-electron chi connectivity index (χ3n) is 2.64. The van der Waals surface area contributed by atoms with Crippen LogP contribution in [0.5, 0.6) is 0 Å². The molecular weight excluding hydrogens is 243 g/mol. The van der Waals surface area contributed by atoms with Crippen LogP contribution in [0, 0.1) is 6.92 Å². The topological polar surface area (TPSA) is 51.8 Å². The van der Waals surface area contributed by atoms with Crippen molar-refractivity contribution in [3.63, 3.8) is 0 Å². The number of nitrogens with zero attached hydrogens (tertiary/aromatic N) is 2. The Labute approximate surface area is 102 Å². The van der Waals surface area contributed by atoms with Crippen molar-refractivity contribution in [3.8, 4) is 0 Å². The quantitative estimate of drug-likeness (QED) is 0.852. The second-order valence-corrected chi connectivity index (χ2v) is 4.19. The maximum atomic E-state index is 12.6. The Balaban J connectivity index is 2.66. The molecule has 0 saturated heterocycles. The van der Waals surface area contributed by atoms with Gasteiger partial charge in [0.2, 0.25) is 0 Å². The van der Waals surface area contributed by atoms with Crippen LogP contribution in [0.4, 0.5) is 13.2 Å². The molecule has 18 heavy (non-hydrogen) atoms. The molecule has 0 bridgehead atoms. The van der Waals surface area contributed by atoms with E-state index >= 15 is 0 Å². The minimum absolute atomic E-state index is 0.351. The van der Waals surface area contributed by atoms with E-state index in [-0.39, 0.29) is 6.04 Å². The van der Waals surface area contributed by atoms with Gasteiger partial charge in [0.1, 0.15) is 5.82 Å². The monoisotopic (exact) mass is 255 g/mol. The third-order valence-corrected chi connectivity index (χ3v) is 2.64. The number of hydrogen-bond donors (Lipinski definition) is 1. The van der Waals surface area contributed by atoms with E-state index in [1.807, 2.05) is 0 Å². The predicted molar refractivity (Wildman–Crippen MR) is 61.9 cm³/mol. The Kier molecular flexibility index (Phi) is 2.98. The first-order chi connectivity index (χ1) is 8.29. The highest BCUT2D eigenvalue weighted by Crippen LogP contribution is 2.31. The van der Waals surface area contributed by atoms with Crippen molar-refractivity contribution in [1.29, 1.82) is 0 Å². The molecule has 3 nitrogen and oxygen atoms in total. The molecule has 0 aliphatic rings. The largest absolute Gasteiger partial charge is 0.416 e. The van der Waals surface area contributed by atoms with Gasteiger partial charge in [-0.3, -0.25) is 0 Å². The lowest BCUT2D eigenvalue weighted by Gasteiger charge is -2.11. The summed E-state index contributed by atoms with van der Waals surface area (Å²) in [5, 5.41) is 0.397. The van der Waals surface area contributed by atoms with Crippen LogP contribution in [0.25, 0.3) is 10.9 Å². The maximum Gasteiger partial charge on any atom is 0.416 e. The van der Waals surface area contributed by atoms with Crippen LogP contribution >= 0.6 is 0 Å². The molecular formula is C12H12F3N3. The lowest BCUT2D eigenvalue weighted by Crippen LogP contribution is -2.11. The summed E-state index contributed by atoms with van der Waals surface area (Å²) < 4.78 is 37.8. The van der Waals surface area contributed by atoms with E-state index in [4.69, 9.17) is 5.73 Å². The molecule has 1 aromatic carbocycles. The van der Waals surface area contributed by atoms with Gasteiger partial charge in [-0.15, -0.1) is 0 Å². The second kappa shape index (κ2) is 4.20. The Morgan fingerprint density at radius 3 is 2.44 bits per heavy atom. The number of aryl methyl sites for hydroxylation is 1. The zero-order valence-electron chi connectivity index (χ0n) is 9.92. The summed E-state index contributed by atoms with van der Waals surface area (Å²) in [6, 6.07) is 3.07. The first kappa shape index (κ1) is 12.8. The van der Waals surface area contributed by atoms with Gasteiger partial charge in [-0.2, -0.15) is 13.2 Å². The molecule has 1 heterocycles. The standard InChI is InChI=1S/C12H12F3N3/c1-6(16)11-17-7(2)9-5-8(12(13,14)15)3-4-10(9)18-11/h3-6H,16H2,1-2H3. The number of alkyl halides is 3. The average Bonchev–Trinajstić information content (AvgIpc) is 2.27. The van der Waals surface area contributed by atoms with Crippen molar-refractivity contribution in [1.82, 2.24) is 9.97 Å². The normalized spacial score (nSPS) is 13.9. The number of hydrogen-bond acceptors (Lipinski definition) is 3. The predicted octanol–water partition coefficient (Wildman–Crippen LogP) is 2.98. The molecule has 0 fully saturated rings. The Hall–Kier alpha value is -1.69. The Morgan fingerprint density at radius 1 is 1.22 bits per heavy atom. The van der Waals surface area contributed by atoms with E-state index in [1.165, 1.54) is 6.07 Å². The number of benzene rings is 1. The van der Waals surface area contributed by atoms with Gasteiger partial charge in [-0.05, 0) is 32.0 Å². The fraction of sp³-hybridized carbons (Fsp3) is 0.333. The minimum atomic E-state index is -4.36. The Morgan fingerprint density at radius 2 is 1.89 bits per heavy atom. The summed E-state index contributed by atoms with van der Waals surface area (Å²) in [4.78, 5) is 8.28. The first-order valence-electron chi connectivity index (χ1n) is 5.40. The fourth-order valence-electron chi connectivity index (χ4n) is 1.68. The molecule has 0 spiro atoms. The lowest BCUT2D eigenvalue weighted by molar-refractivity contribution is -0.137. The lowest BCUT2D eigenvalue weighted by atomic mass is 10.1. The third kappa shape index (κ3) is 2.28. The van der Waals surface area contributed by atoms with Crippen molar-refractivity contribution >= 4 is 10.9 Å². The summed E-state index contributed by atoms with van der Waals surface area (Å²) in [6.45, 7) is 3.38. The minimum Gasteiger partial charge on any atom is -0.322 e. The Bertz CT molecular complexity index is 591. The molecule has 1 aromatic heterocycles. The first-order valence-corrected chi connectivity index (χ1v) is 5.40. The summed E-state index contributed by atoms with van der Waals surface area (Å²) >= 11 is 0. The molecule has 0 aliphatic carbocycles. The molecule has 2 N–H and O–H groups in total. The fourth-order valence-corrected chi connectivity index (χ4v) is 1.68. The molecule has 0 radical (unpaired) electrons.